The average molecular weight is 322 g/mol. The lowest BCUT2D eigenvalue weighted by Gasteiger charge is -2.46. The smallest absolute Gasteiger partial charge is 0.226 e. The topological polar surface area (TPSA) is 29.5 Å². The third kappa shape index (κ3) is 3.16. The molecule has 0 spiro atoms. The summed E-state index contributed by atoms with van der Waals surface area (Å²) in [5.74, 6) is 0.968. The second kappa shape index (κ2) is 5.86. The number of amides is 1. The Morgan fingerprint density at radius 3 is 2.77 bits per heavy atom. The lowest BCUT2D eigenvalue weighted by molar-refractivity contribution is -0.159. The van der Waals surface area contributed by atoms with Crippen molar-refractivity contribution in [2.45, 2.75) is 45.3 Å². The van der Waals surface area contributed by atoms with Crippen LogP contribution in [0.2, 0.25) is 5.02 Å². The molecule has 0 aromatic heterocycles. The first-order valence-corrected chi connectivity index (χ1v) is 8.45. The van der Waals surface area contributed by atoms with Gasteiger partial charge < -0.3 is 9.64 Å². The first-order valence-electron chi connectivity index (χ1n) is 8.07. The second-order valence-electron chi connectivity index (χ2n) is 7.24. The summed E-state index contributed by atoms with van der Waals surface area (Å²) in [6.45, 7) is 7.38. The van der Waals surface area contributed by atoms with Crippen molar-refractivity contribution in [3.8, 4) is 0 Å². The van der Waals surface area contributed by atoms with Gasteiger partial charge in [-0.05, 0) is 50.3 Å². The molecule has 1 saturated carbocycles. The number of carbonyl (C=O) groups excluding carboxylic acids is 1. The summed E-state index contributed by atoms with van der Waals surface area (Å²) in [5.41, 5.74) is 0.787. The molecule has 3 nitrogen and oxygen atoms in total. The number of hydrogen-bond acceptors (Lipinski definition) is 2. The Labute approximate surface area is 137 Å². The van der Waals surface area contributed by atoms with E-state index >= 15 is 0 Å². The van der Waals surface area contributed by atoms with E-state index in [1.807, 2.05) is 29.2 Å². The third-order valence-corrected chi connectivity index (χ3v) is 5.16. The molecule has 4 heteroatoms. The van der Waals surface area contributed by atoms with Gasteiger partial charge in [0.15, 0.2) is 0 Å². The van der Waals surface area contributed by atoms with Crippen LogP contribution >= 0.6 is 11.6 Å². The van der Waals surface area contributed by atoms with Gasteiger partial charge in [-0.1, -0.05) is 30.7 Å². The van der Waals surface area contributed by atoms with E-state index in [1.54, 1.807) is 0 Å². The Hall–Kier alpha value is -1.06. The van der Waals surface area contributed by atoms with Crippen LogP contribution in [-0.4, -0.2) is 29.5 Å². The Bertz CT molecular complexity index is 568. The predicted molar refractivity (Wildman–Crippen MR) is 87.8 cm³/mol. The minimum Gasteiger partial charge on any atom is -0.369 e. The lowest BCUT2D eigenvalue weighted by Crippen LogP contribution is -2.57. The van der Waals surface area contributed by atoms with Crippen molar-refractivity contribution in [3.05, 3.63) is 34.9 Å². The first-order chi connectivity index (χ1) is 10.4. The summed E-state index contributed by atoms with van der Waals surface area (Å²) >= 11 is 6.08. The molecule has 22 heavy (non-hydrogen) atoms. The Morgan fingerprint density at radius 1 is 1.41 bits per heavy atom. The van der Waals surface area contributed by atoms with Crippen molar-refractivity contribution in [3.63, 3.8) is 0 Å². The summed E-state index contributed by atoms with van der Waals surface area (Å²) < 4.78 is 6.02. The zero-order valence-corrected chi connectivity index (χ0v) is 14.3. The highest BCUT2D eigenvalue weighted by molar-refractivity contribution is 6.30. The SMILES string of the molecule is CC(C(=O)N1CC(c2cccc(Cl)c2)OCC1(C)C)C1CC1. The molecule has 2 fully saturated rings. The minimum atomic E-state index is -0.255. The fourth-order valence-corrected chi connectivity index (χ4v) is 3.39. The third-order valence-electron chi connectivity index (χ3n) is 4.92. The molecule has 1 aliphatic carbocycles. The number of morpholine rings is 1. The molecule has 0 N–H and O–H groups in total. The maximum Gasteiger partial charge on any atom is 0.226 e. The fourth-order valence-electron chi connectivity index (χ4n) is 3.19. The van der Waals surface area contributed by atoms with Crippen molar-refractivity contribution < 1.29 is 9.53 Å². The quantitative estimate of drug-likeness (QED) is 0.840. The number of halogens is 1. The molecule has 2 atom stereocenters. The fraction of sp³-hybridized carbons (Fsp3) is 0.611. The van der Waals surface area contributed by atoms with Crippen molar-refractivity contribution in [1.82, 2.24) is 4.90 Å². The van der Waals surface area contributed by atoms with Gasteiger partial charge >= 0.3 is 0 Å². The zero-order chi connectivity index (χ0) is 15.9. The molecule has 0 radical (unpaired) electrons. The predicted octanol–water partition coefficient (Wildman–Crippen LogP) is 4.06. The van der Waals surface area contributed by atoms with E-state index in [0.29, 0.717) is 24.1 Å². The van der Waals surface area contributed by atoms with E-state index in [-0.39, 0.29) is 23.5 Å². The van der Waals surface area contributed by atoms with Gasteiger partial charge in [-0.25, -0.2) is 0 Å². The van der Waals surface area contributed by atoms with E-state index in [4.69, 9.17) is 16.3 Å². The number of rotatable bonds is 3. The Morgan fingerprint density at radius 2 is 2.14 bits per heavy atom. The van der Waals surface area contributed by atoms with Gasteiger partial charge in [0.25, 0.3) is 0 Å². The molecular weight excluding hydrogens is 298 g/mol. The van der Waals surface area contributed by atoms with Crippen LogP contribution in [0.4, 0.5) is 0 Å². The molecule has 1 heterocycles. The van der Waals surface area contributed by atoms with Crippen LogP contribution in [-0.2, 0) is 9.53 Å². The summed E-state index contributed by atoms with van der Waals surface area (Å²) in [6, 6.07) is 7.73. The molecule has 1 aromatic rings. The van der Waals surface area contributed by atoms with Crippen molar-refractivity contribution in [2.75, 3.05) is 13.2 Å². The molecule has 2 unspecified atom stereocenters. The average Bonchev–Trinajstić information content (AvgIpc) is 3.30. The van der Waals surface area contributed by atoms with Crippen molar-refractivity contribution in [1.29, 1.82) is 0 Å². The van der Waals surface area contributed by atoms with Gasteiger partial charge in [0.2, 0.25) is 5.91 Å². The minimum absolute atomic E-state index is 0.0953. The molecule has 120 valence electrons. The maximum absolute atomic E-state index is 12.9. The number of ether oxygens (including phenoxy) is 1. The number of benzene rings is 1. The van der Waals surface area contributed by atoms with Crippen LogP contribution in [0.3, 0.4) is 0 Å². The van der Waals surface area contributed by atoms with Gasteiger partial charge in [-0.3, -0.25) is 4.79 Å². The summed E-state index contributed by atoms with van der Waals surface area (Å²) in [6.07, 6.45) is 2.28. The lowest BCUT2D eigenvalue weighted by atomic mass is 9.94. The van der Waals surface area contributed by atoms with Crippen LogP contribution in [0.25, 0.3) is 0 Å². The van der Waals surface area contributed by atoms with Crippen LogP contribution < -0.4 is 0 Å². The van der Waals surface area contributed by atoms with E-state index in [0.717, 1.165) is 5.56 Å². The molecule has 1 aliphatic heterocycles. The highest BCUT2D eigenvalue weighted by Crippen LogP contribution is 2.40. The Kier molecular flexibility index (Phi) is 4.21. The second-order valence-corrected chi connectivity index (χ2v) is 7.68. The zero-order valence-electron chi connectivity index (χ0n) is 13.5. The molecule has 1 amide bonds. The van der Waals surface area contributed by atoms with E-state index in [2.05, 4.69) is 20.8 Å². The van der Waals surface area contributed by atoms with Crippen LogP contribution in [0.5, 0.6) is 0 Å². The summed E-state index contributed by atoms with van der Waals surface area (Å²) in [4.78, 5) is 14.9. The highest BCUT2D eigenvalue weighted by atomic mass is 35.5. The number of nitrogens with zero attached hydrogens (tertiary/aromatic N) is 1. The normalized spacial score (nSPS) is 25.8. The molecule has 1 aromatic carbocycles. The number of hydrogen-bond donors (Lipinski definition) is 0. The van der Waals surface area contributed by atoms with Gasteiger partial charge in [0, 0.05) is 10.9 Å². The monoisotopic (exact) mass is 321 g/mol. The van der Waals surface area contributed by atoms with Crippen LogP contribution in [0.15, 0.2) is 24.3 Å². The van der Waals surface area contributed by atoms with Crippen LogP contribution in [0.1, 0.15) is 45.3 Å². The molecule has 2 aliphatic rings. The van der Waals surface area contributed by atoms with Gasteiger partial charge in [-0.2, -0.15) is 0 Å². The van der Waals surface area contributed by atoms with Gasteiger partial charge in [0.05, 0.1) is 18.7 Å². The van der Waals surface area contributed by atoms with Crippen LogP contribution in [0, 0.1) is 11.8 Å². The van der Waals surface area contributed by atoms with E-state index in [1.165, 1.54) is 12.8 Å². The molecule has 0 bridgehead atoms. The first kappa shape index (κ1) is 15.8. The maximum atomic E-state index is 12.9. The van der Waals surface area contributed by atoms with E-state index < -0.39 is 0 Å². The molecule has 1 saturated heterocycles. The molecular formula is C18H24ClNO2. The largest absolute Gasteiger partial charge is 0.369 e. The summed E-state index contributed by atoms with van der Waals surface area (Å²) in [5, 5.41) is 0.704. The number of carbonyl (C=O) groups is 1. The van der Waals surface area contributed by atoms with Gasteiger partial charge in [0.1, 0.15) is 6.10 Å². The summed E-state index contributed by atoms with van der Waals surface area (Å²) in [7, 11) is 0. The van der Waals surface area contributed by atoms with Crippen molar-refractivity contribution >= 4 is 17.5 Å². The molecule has 3 rings (SSSR count). The van der Waals surface area contributed by atoms with Gasteiger partial charge in [-0.15, -0.1) is 0 Å². The van der Waals surface area contributed by atoms with E-state index in [9.17, 15) is 4.79 Å². The van der Waals surface area contributed by atoms with Crippen molar-refractivity contribution in [2.24, 2.45) is 11.8 Å². The Balaban J connectivity index is 1.79. The standard InChI is InChI=1S/C18H24ClNO2/c1-12(13-7-8-13)17(21)20-10-16(22-11-18(20,2)3)14-5-4-6-15(19)9-14/h4-6,9,12-13,16H,7-8,10-11H2,1-3H3. The highest BCUT2D eigenvalue weighted by Gasteiger charge is 2.43.